The van der Waals surface area contributed by atoms with Gasteiger partial charge in [-0.1, -0.05) is 6.07 Å². The van der Waals surface area contributed by atoms with Crippen molar-refractivity contribution in [2.75, 3.05) is 13.3 Å². The maximum atomic E-state index is 15.3. The fourth-order valence-electron chi connectivity index (χ4n) is 4.49. The fourth-order valence-corrected chi connectivity index (χ4v) is 4.49. The van der Waals surface area contributed by atoms with Crippen molar-refractivity contribution >= 4 is 12.0 Å². The molecule has 0 saturated heterocycles. The number of ether oxygens (including phenoxy) is 2. The minimum absolute atomic E-state index is 0.0355. The summed E-state index contributed by atoms with van der Waals surface area (Å²) in [5, 5.41) is 8.79. The maximum Gasteiger partial charge on any atom is 0.328 e. The van der Waals surface area contributed by atoms with Crippen LogP contribution in [0.15, 0.2) is 30.3 Å². The van der Waals surface area contributed by atoms with E-state index in [4.69, 9.17) is 14.6 Å². The van der Waals surface area contributed by atoms with E-state index in [0.29, 0.717) is 23.5 Å². The maximum absolute atomic E-state index is 15.3. The summed E-state index contributed by atoms with van der Waals surface area (Å²) in [6.45, 7) is 4.78. The zero-order valence-electron chi connectivity index (χ0n) is 18.0. The largest absolute Gasteiger partial charge is 0.478 e. The first-order chi connectivity index (χ1) is 15.0. The van der Waals surface area contributed by atoms with Crippen LogP contribution < -0.4 is 9.47 Å². The highest BCUT2D eigenvalue weighted by Gasteiger charge is 2.41. The van der Waals surface area contributed by atoms with Gasteiger partial charge in [0.2, 0.25) is 6.79 Å². The van der Waals surface area contributed by atoms with Crippen molar-refractivity contribution in [3.8, 4) is 11.5 Å². The van der Waals surface area contributed by atoms with Crippen LogP contribution in [-0.2, 0) is 11.2 Å². The van der Waals surface area contributed by atoms with Gasteiger partial charge < -0.3 is 14.6 Å². The summed E-state index contributed by atoms with van der Waals surface area (Å²) in [7, 11) is 0. The van der Waals surface area contributed by atoms with E-state index in [1.807, 2.05) is 6.92 Å². The SMILES string of the molecule is C[C@@H]1Cc2c(ccc3c2OCO3)[C@@H](c2c(F)cc(/C=C/C(=O)O)cc2F)N1CC(C)(C)F. The van der Waals surface area contributed by atoms with Gasteiger partial charge in [0, 0.05) is 29.8 Å². The van der Waals surface area contributed by atoms with Crippen molar-refractivity contribution in [1.29, 1.82) is 0 Å². The van der Waals surface area contributed by atoms with E-state index in [1.54, 1.807) is 17.0 Å². The van der Waals surface area contributed by atoms with Crippen LogP contribution in [0.3, 0.4) is 0 Å². The molecule has 1 N–H and O–H groups in total. The van der Waals surface area contributed by atoms with Crippen LogP contribution >= 0.6 is 0 Å². The Labute approximate surface area is 184 Å². The van der Waals surface area contributed by atoms with Crippen LogP contribution in [0.2, 0.25) is 0 Å². The van der Waals surface area contributed by atoms with Gasteiger partial charge in [0.15, 0.2) is 11.5 Å². The number of nitrogens with zero attached hydrogens (tertiary/aromatic N) is 1. The average Bonchev–Trinajstić information content (AvgIpc) is 3.16. The van der Waals surface area contributed by atoms with Crippen molar-refractivity contribution in [2.45, 2.75) is 44.9 Å². The van der Waals surface area contributed by atoms with Gasteiger partial charge in [0.25, 0.3) is 0 Å². The summed E-state index contributed by atoms with van der Waals surface area (Å²) in [6.07, 6.45) is 2.44. The van der Waals surface area contributed by atoms with Crippen LogP contribution in [0, 0.1) is 11.6 Å². The summed E-state index contributed by atoms with van der Waals surface area (Å²) in [6, 6.07) is 4.49. The minimum Gasteiger partial charge on any atom is -0.478 e. The van der Waals surface area contributed by atoms with Crippen molar-refractivity contribution in [3.63, 3.8) is 0 Å². The number of hydrogen-bond donors (Lipinski definition) is 1. The van der Waals surface area contributed by atoms with Gasteiger partial charge in [0.1, 0.15) is 17.3 Å². The Bertz CT molecular complexity index is 1070. The molecule has 0 amide bonds. The van der Waals surface area contributed by atoms with Crippen LogP contribution in [0.5, 0.6) is 11.5 Å². The number of rotatable bonds is 5. The molecule has 0 aromatic heterocycles. The molecule has 0 radical (unpaired) electrons. The van der Waals surface area contributed by atoms with Gasteiger partial charge in [0.05, 0.1) is 6.04 Å². The normalized spacial score (nSPS) is 20.6. The Morgan fingerprint density at radius 1 is 1.25 bits per heavy atom. The second kappa shape index (κ2) is 8.16. The van der Waals surface area contributed by atoms with E-state index in [-0.39, 0.29) is 30.5 Å². The van der Waals surface area contributed by atoms with Crippen LogP contribution in [0.25, 0.3) is 6.08 Å². The van der Waals surface area contributed by atoms with E-state index in [2.05, 4.69) is 0 Å². The van der Waals surface area contributed by atoms with Crippen molar-refractivity contribution in [3.05, 3.63) is 64.2 Å². The van der Waals surface area contributed by atoms with Crippen LogP contribution in [0.1, 0.15) is 49.1 Å². The van der Waals surface area contributed by atoms with E-state index in [0.717, 1.165) is 29.8 Å². The van der Waals surface area contributed by atoms with E-state index < -0.39 is 29.3 Å². The minimum atomic E-state index is -1.60. The number of hydrogen-bond acceptors (Lipinski definition) is 4. The van der Waals surface area contributed by atoms with Crippen LogP contribution in [0.4, 0.5) is 13.2 Å². The predicted octanol–water partition coefficient (Wildman–Crippen LogP) is 4.88. The molecule has 0 saturated carbocycles. The monoisotopic (exact) mass is 447 g/mol. The summed E-state index contributed by atoms with van der Waals surface area (Å²) in [4.78, 5) is 12.5. The van der Waals surface area contributed by atoms with E-state index >= 15 is 8.78 Å². The number of aliphatic carboxylic acids is 1. The third kappa shape index (κ3) is 4.19. The Kier molecular flexibility index (Phi) is 5.67. The zero-order chi connectivity index (χ0) is 23.2. The highest BCUT2D eigenvalue weighted by molar-refractivity contribution is 5.85. The molecule has 170 valence electrons. The molecule has 0 bridgehead atoms. The molecule has 0 unspecified atom stereocenters. The molecule has 4 rings (SSSR count). The number of halogens is 3. The molecule has 0 aliphatic carbocycles. The number of carboxylic acid groups (broad SMARTS) is 1. The van der Waals surface area contributed by atoms with Gasteiger partial charge in [-0.05, 0) is 62.6 Å². The van der Waals surface area contributed by atoms with Gasteiger partial charge >= 0.3 is 5.97 Å². The molecule has 2 heterocycles. The molecule has 2 aromatic carbocycles. The highest BCUT2D eigenvalue weighted by Crippen LogP contribution is 2.48. The van der Waals surface area contributed by atoms with E-state index in [9.17, 15) is 9.18 Å². The summed E-state index contributed by atoms with van der Waals surface area (Å²) < 4.78 is 56.5. The Balaban J connectivity index is 1.88. The smallest absolute Gasteiger partial charge is 0.328 e. The lowest BCUT2D eigenvalue weighted by Crippen LogP contribution is -2.48. The Hall–Kier alpha value is -3.00. The lowest BCUT2D eigenvalue weighted by atomic mass is 9.83. The number of alkyl halides is 1. The van der Waals surface area contributed by atoms with Gasteiger partial charge in [-0.25, -0.2) is 18.0 Å². The first-order valence-corrected chi connectivity index (χ1v) is 10.3. The van der Waals surface area contributed by atoms with Gasteiger partial charge in [-0.2, -0.15) is 0 Å². The third-order valence-electron chi connectivity index (χ3n) is 5.72. The predicted molar refractivity (Wildman–Crippen MR) is 112 cm³/mol. The third-order valence-corrected chi connectivity index (χ3v) is 5.72. The van der Waals surface area contributed by atoms with Crippen molar-refractivity contribution in [2.24, 2.45) is 0 Å². The molecule has 5 nitrogen and oxygen atoms in total. The van der Waals surface area contributed by atoms with Gasteiger partial charge in [-0.3, -0.25) is 4.90 Å². The van der Waals surface area contributed by atoms with Crippen LogP contribution in [-0.4, -0.2) is 41.0 Å². The quantitative estimate of drug-likeness (QED) is 0.663. The average molecular weight is 447 g/mol. The second-order valence-corrected chi connectivity index (χ2v) is 8.78. The standard InChI is InChI=1S/C24H24F3NO4/c1-13-8-16-15(5-6-19-23(16)32-12-31-19)22(28(13)11-24(2,3)27)21-17(25)9-14(10-18(21)26)4-7-20(29)30/h4-7,9-10,13,22H,8,11-12H2,1-3H3,(H,29,30)/b7-4+/t13-,22+/m1/s1. The van der Waals surface area contributed by atoms with Crippen molar-refractivity contribution < 1.29 is 32.5 Å². The fraction of sp³-hybridized carbons (Fsp3) is 0.375. The van der Waals surface area contributed by atoms with Gasteiger partial charge in [-0.15, -0.1) is 0 Å². The summed E-state index contributed by atoms with van der Waals surface area (Å²) >= 11 is 0. The first-order valence-electron chi connectivity index (χ1n) is 10.3. The molecular weight excluding hydrogens is 423 g/mol. The molecule has 32 heavy (non-hydrogen) atoms. The molecule has 0 fully saturated rings. The Morgan fingerprint density at radius 2 is 1.94 bits per heavy atom. The molecule has 8 heteroatoms. The number of carboxylic acids is 1. The lowest BCUT2D eigenvalue weighted by molar-refractivity contribution is -0.131. The molecule has 2 aliphatic rings. The molecule has 2 aromatic rings. The summed E-state index contributed by atoms with van der Waals surface area (Å²) in [5.41, 5.74) is -0.314. The second-order valence-electron chi connectivity index (χ2n) is 8.78. The van der Waals surface area contributed by atoms with E-state index in [1.165, 1.54) is 13.8 Å². The number of benzene rings is 2. The Morgan fingerprint density at radius 3 is 2.56 bits per heavy atom. The summed E-state index contributed by atoms with van der Waals surface area (Å²) in [5.74, 6) is -1.76. The first kappa shape index (κ1) is 22.2. The molecule has 2 atom stereocenters. The molecule has 2 aliphatic heterocycles. The molecule has 0 spiro atoms. The number of fused-ring (bicyclic) bond motifs is 3. The molecular formula is C24H24F3NO4. The van der Waals surface area contributed by atoms with Crippen molar-refractivity contribution in [1.82, 2.24) is 4.90 Å². The topological polar surface area (TPSA) is 59.0 Å². The highest BCUT2D eigenvalue weighted by atomic mass is 19.1. The number of carbonyl (C=O) groups is 1. The lowest BCUT2D eigenvalue weighted by Gasteiger charge is -2.44. The zero-order valence-corrected chi connectivity index (χ0v) is 18.0.